The summed E-state index contributed by atoms with van der Waals surface area (Å²) in [7, 11) is 4.65. The third kappa shape index (κ3) is 3.04. The molecule has 1 fully saturated rings. The first-order chi connectivity index (χ1) is 15.9. The number of aromatic nitrogens is 1. The van der Waals surface area contributed by atoms with Crippen molar-refractivity contribution < 1.29 is 23.8 Å². The van der Waals surface area contributed by atoms with Crippen LogP contribution in [-0.4, -0.2) is 61.0 Å². The van der Waals surface area contributed by atoms with Crippen molar-refractivity contribution in [1.29, 1.82) is 0 Å². The predicted octanol–water partition coefficient (Wildman–Crippen LogP) is 2.84. The fourth-order valence-corrected chi connectivity index (χ4v) is 5.26. The van der Waals surface area contributed by atoms with Crippen molar-refractivity contribution in [2.75, 3.05) is 34.4 Å². The topological polar surface area (TPSA) is 84.1 Å². The van der Waals surface area contributed by atoms with E-state index in [1.165, 1.54) is 0 Å². The molecule has 5 rings (SSSR count). The summed E-state index contributed by atoms with van der Waals surface area (Å²) < 4.78 is 16.3. The highest BCUT2D eigenvalue weighted by molar-refractivity contribution is 6.00. The van der Waals surface area contributed by atoms with E-state index in [2.05, 4.69) is 11.1 Å². The Kier molecular flexibility index (Phi) is 4.96. The molecule has 1 aromatic heterocycles. The second-order valence-corrected chi connectivity index (χ2v) is 8.59. The van der Waals surface area contributed by atoms with Crippen LogP contribution in [0.5, 0.6) is 17.2 Å². The Labute approximate surface area is 192 Å². The molecule has 2 aliphatic heterocycles. The molecule has 3 heterocycles. The molecule has 33 heavy (non-hydrogen) atoms. The van der Waals surface area contributed by atoms with Crippen LogP contribution in [0, 0.1) is 0 Å². The molecular formula is C25H27N3O5. The van der Waals surface area contributed by atoms with E-state index in [-0.39, 0.29) is 24.9 Å². The Morgan fingerprint density at radius 3 is 2.39 bits per heavy atom. The van der Waals surface area contributed by atoms with E-state index in [1.54, 1.807) is 31.1 Å². The lowest BCUT2D eigenvalue weighted by Crippen LogP contribution is -2.66. The molecular weight excluding hydrogens is 422 g/mol. The van der Waals surface area contributed by atoms with Crippen molar-refractivity contribution in [3.05, 3.63) is 53.2 Å². The van der Waals surface area contributed by atoms with E-state index >= 15 is 0 Å². The molecule has 0 radical (unpaired) electrons. The van der Waals surface area contributed by atoms with Gasteiger partial charge in [0.25, 0.3) is 5.91 Å². The van der Waals surface area contributed by atoms with Crippen molar-refractivity contribution in [1.82, 2.24) is 14.8 Å². The SMILES string of the molecule is COc1cc(CN2CC(=O)N3CCc4c([nH]c5ccccc45)C3(C)C2=O)cc(OC)c1OC. The molecule has 8 heteroatoms. The van der Waals surface area contributed by atoms with Crippen LogP contribution in [0.15, 0.2) is 36.4 Å². The smallest absolute Gasteiger partial charge is 0.255 e. The van der Waals surface area contributed by atoms with Crippen molar-refractivity contribution in [2.45, 2.75) is 25.4 Å². The Morgan fingerprint density at radius 1 is 1.03 bits per heavy atom. The standard InChI is InChI=1S/C25H27N3O5/c1-25-23-17(16-7-5-6-8-18(16)26-23)9-10-28(25)21(29)14-27(24(25)30)13-15-11-19(31-2)22(33-4)20(12-15)32-3/h5-8,11-12,26H,9-10,13-14H2,1-4H3. The van der Waals surface area contributed by atoms with Gasteiger partial charge in [0.15, 0.2) is 17.0 Å². The maximum absolute atomic E-state index is 13.9. The number of piperazine rings is 1. The van der Waals surface area contributed by atoms with Crippen molar-refractivity contribution in [2.24, 2.45) is 0 Å². The van der Waals surface area contributed by atoms with Crippen LogP contribution in [0.3, 0.4) is 0 Å². The zero-order valence-electron chi connectivity index (χ0n) is 19.2. The number of amides is 2. The average molecular weight is 450 g/mol. The fraction of sp³-hybridized carbons (Fsp3) is 0.360. The van der Waals surface area contributed by atoms with Crippen molar-refractivity contribution in [3.63, 3.8) is 0 Å². The van der Waals surface area contributed by atoms with Crippen LogP contribution in [0.1, 0.15) is 23.7 Å². The number of nitrogens with one attached hydrogen (secondary N) is 1. The van der Waals surface area contributed by atoms with E-state index in [0.717, 1.165) is 34.1 Å². The first kappa shape index (κ1) is 21.2. The van der Waals surface area contributed by atoms with Gasteiger partial charge in [0.2, 0.25) is 11.7 Å². The molecule has 2 aliphatic rings. The number of methoxy groups -OCH3 is 3. The first-order valence-corrected chi connectivity index (χ1v) is 10.9. The number of benzene rings is 2. The summed E-state index contributed by atoms with van der Waals surface area (Å²) in [6.07, 6.45) is 0.723. The van der Waals surface area contributed by atoms with Gasteiger partial charge in [-0.3, -0.25) is 9.59 Å². The molecule has 0 bridgehead atoms. The molecule has 2 amide bonds. The maximum Gasteiger partial charge on any atom is 0.255 e. The molecule has 172 valence electrons. The summed E-state index contributed by atoms with van der Waals surface area (Å²) in [5, 5.41) is 1.11. The monoisotopic (exact) mass is 449 g/mol. The average Bonchev–Trinajstić information content (AvgIpc) is 3.22. The number of aromatic amines is 1. The normalized spacial score (nSPS) is 20.0. The Bertz CT molecular complexity index is 1240. The van der Waals surface area contributed by atoms with E-state index in [9.17, 15) is 9.59 Å². The predicted molar refractivity (Wildman–Crippen MR) is 123 cm³/mol. The van der Waals surface area contributed by atoms with Crippen LogP contribution >= 0.6 is 0 Å². The lowest BCUT2D eigenvalue weighted by atomic mass is 9.83. The quantitative estimate of drug-likeness (QED) is 0.648. The Hall–Kier alpha value is -3.68. The van der Waals surface area contributed by atoms with Gasteiger partial charge in [-0.15, -0.1) is 0 Å². The number of nitrogens with zero attached hydrogens (tertiary/aromatic N) is 2. The third-order valence-electron chi connectivity index (χ3n) is 6.85. The van der Waals surface area contributed by atoms with Crippen LogP contribution < -0.4 is 14.2 Å². The number of para-hydroxylation sites is 1. The van der Waals surface area contributed by atoms with Gasteiger partial charge in [0.1, 0.15) is 6.54 Å². The number of carbonyl (C=O) groups is 2. The fourth-order valence-electron chi connectivity index (χ4n) is 5.26. The Morgan fingerprint density at radius 2 is 1.73 bits per heavy atom. The van der Waals surface area contributed by atoms with Gasteiger partial charge >= 0.3 is 0 Å². The van der Waals surface area contributed by atoms with Crippen LogP contribution in [0.2, 0.25) is 0 Å². The maximum atomic E-state index is 13.9. The van der Waals surface area contributed by atoms with E-state index in [1.807, 2.05) is 37.3 Å². The number of fused-ring (bicyclic) bond motifs is 5. The molecule has 1 unspecified atom stereocenters. The lowest BCUT2D eigenvalue weighted by molar-refractivity contribution is -0.166. The van der Waals surface area contributed by atoms with Crippen LogP contribution in [0.25, 0.3) is 10.9 Å². The minimum atomic E-state index is -1.08. The molecule has 1 atom stereocenters. The summed E-state index contributed by atoms with van der Waals surface area (Å²) in [6.45, 7) is 2.65. The van der Waals surface area contributed by atoms with Crippen LogP contribution in [0.4, 0.5) is 0 Å². The highest BCUT2D eigenvalue weighted by atomic mass is 16.5. The second kappa shape index (κ2) is 7.72. The van der Waals surface area contributed by atoms with E-state index < -0.39 is 5.54 Å². The van der Waals surface area contributed by atoms with Gasteiger partial charge in [-0.25, -0.2) is 0 Å². The summed E-state index contributed by atoms with van der Waals surface area (Å²) in [4.78, 5) is 33.9. The second-order valence-electron chi connectivity index (χ2n) is 8.59. The summed E-state index contributed by atoms with van der Waals surface area (Å²) in [5.74, 6) is 1.33. The molecule has 8 nitrogen and oxygen atoms in total. The zero-order chi connectivity index (χ0) is 23.3. The number of H-pyrrole nitrogens is 1. The molecule has 1 N–H and O–H groups in total. The van der Waals surface area contributed by atoms with E-state index in [4.69, 9.17) is 14.2 Å². The van der Waals surface area contributed by atoms with E-state index in [0.29, 0.717) is 23.8 Å². The van der Waals surface area contributed by atoms with Gasteiger partial charge in [-0.2, -0.15) is 0 Å². The molecule has 0 spiro atoms. The van der Waals surface area contributed by atoms with Gasteiger partial charge < -0.3 is 29.0 Å². The molecule has 0 aliphatic carbocycles. The van der Waals surface area contributed by atoms with Crippen molar-refractivity contribution in [3.8, 4) is 17.2 Å². The number of hydrogen-bond acceptors (Lipinski definition) is 5. The molecule has 2 aromatic carbocycles. The summed E-state index contributed by atoms with van der Waals surface area (Å²) in [6, 6.07) is 11.6. The minimum Gasteiger partial charge on any atom is -0.493 e. The summed E-state index contributed by atoms with van der Waals surface area (Å²) >= 11 is 0. The highest BCUT2D eigenvalue weighted by Gasteiger charge is 2.54. The van der Waals surface area contributed by atoms with Gasteiger partial charge in [-0.1, -0.05) is 18.2 Å². The van der Waals surface area contributed by atoms with Gasteiger partial charge in [0.05, 0.1) is 27.0 Å². The third-order valence-corrected chi connectivity index (χ3v) is 6.85. The largest absolute Gasteiger partial charge is 0.493 e. The van der Waals surface area contributed by atoms with Gasteiger partial charge in [-0.05, 0) is 42.7 Å². The lowest BCUT2D eigenvalue weighted by Gasteiger charge is -2.49. The number of rotatable bonds is 5. The number of hydrogen-bond donors (Lipinski definition) is 1. The van der Waals surface area contributed by atoms with Crippen molar-refractivity contribution >= 4 is 22.7 Å². The minimum absolute atomic E-state index is 0.0284. The highest BCUT2D eigenvalue weighted by Crippen LogP contribution is 2.43. The number of ether oxygens (including phenoxy) is 3. The zero-order valence-corrected chi connectivity index (χ0v) is 19.2. The number of carbonyl (C=O) groups excluding carboxylic acids is 2. The molecule has 1 saturated heterocycles. The van der Waals surface area contributed by atoms with Gasteiger partial charge in [0, 0.05) is 24.0 Å². The summed E-state index contributed by atoms with van der Waals surface area (Å²) in [5.41, 5.74) is 2.61. The van der Waals surface area contributed by atoms with Crippen LogP contribution in [-0.2, 0) is 28.1 Å². The first-order valence-electron chi connectivity index (χ1n) is 10.9. The molecule has 0 saturated carbocycles. The Balaban J connectivity index is 1.55. The molecule has 3 aromatic rings.